The Morgan fingerprint density at radius 3 is 2.05 bits per heavy atom. The van der Waals surface area contributed by atoms with Gasteiger partial charge < -0.3 is 5.32 Å². The summed E-state index contributed by atoms with van der Waals surface area (Å²) in [6, 6.07) is 0. The van der Waals surface area contributed by atoms with Gasteiger partial charge in [0.15, 0.2) is 0 Å². The van der Waals surface area contributed by atoms with Crippen molar-refractivity contribution in [3.63, 3.8) is 0 Å². The molecule has 0 bridgehead atoms. The van der Waals surface area contributed by atoms with Crippen LogP contribution in [0.15, 0.2) is 60.4 Å². The Morgan fingerprint density at radius 2 is 1.70 bits per heavy atom. The molecule has 114 valence electrons. The first-order chi connectivity index (χ1) is 9.71. The van der Waals surface area contributed by atoms with Crippen molar-refractivity contribution >= 4 is 6.41 Å². The smallest absolute Gasteiger partial charge is 0.211 e. The Morgan fingerprint density at radius 1 is 1.15 bits per heavy atom. The number of rotatable bonds is 7. The minimum Gasteiger partial charge on any atom is -0.328 e. The lowest BCUT2D eigenvalue weighted by Crippen LogP contribution is -2.12. The second kappa shape index (κ2) is 19.5. The van der Waals surface area contributed by atoms with Crippen molar-refractivity contribution in [1.29, 1.82) is 0 Å². The van der Waals surface area contributed by atoms with Gasteiger partial charge in [-0.05, 0) is 30.6 Å². The van der Waals surface area contributed by atoms with Crippen LogP contribution in [0.4, 0.5) is 0 Å². The van der Waals surface area contributed by atoms with Gasteiger partial charge in [0, 0.05) is 5.70 Å². The van der Waals surface area contributed by atoms with Crippen LogP contribution in [0.2, 0.25) is 0 Å². The van der Waals surface area contributed by atoms with E-state index in [0.29, 0.717) is 12.1 Å². The number of carbonyl (C=O) groups is 1. The highest BCUT2D eigenvalue weighted by molar-refractivity contribution is 5.57. The SMILES string of the molecule is C=C/C=C(/NC=O)C(=C)/C(=C/C=C\C)CC.CC.CC. The van der Waals surface area contributed by atoms with Gasteiger partial charge in [0.25, 0.3) is 0 Å². The molecule has 1 amide bonds. The first kappa shape index (κ1) is 23.3. The number of hydrogen-bond acceptors (Lipinski definition) is 1. The number of amides is 1. The zero-order valence-corrected chi connectivity index (χ0v) is 14.0. The van der Waals surface area contributed by atoms with Crippen LogP contribution in [-0.2, 0) is 4.79 Å². The number of allylic oxidation sites excluding steroid dienone is 6. The van der Waals surface area contributed by atoms with Gasteiger partial charge in [0.05, 0.1) is 0 Å². The zero-order valence-electron chi connectivity index (χ0n) is 14.0. The van der Waals surface area contributed by atoms with E-state index in [4.69, 9.17) is 0 Å². The van der Waals surface area contributed by atoms with E-state index in [1.807, 2.05) is 59.8 Å². The standard InChI is InChI=1S/C14H19NO.2C2H6/c1-5-8-10-13(7-3)12(4)14(9-6-2)15-11-16;2*1-2/h5-6,8-11H,2,4,7H2,1,3H3,(H,15,16);2*1-2H3/b8-5-,13-10+,14-9+;;. The molecule has 0 aliphatic rings. The number of nitrogens with one attached hydrogen (secondary N) is 1. The molecule has 0 heterocycles. The Labute approximate surface area is 125 Å². The van der Waals surface area contributed by atoms with E-state index in [9.17, 15) is 4.79 Å². The van der Waals surface area contributed by atoms with Crippen molar-refractivity contribution in [3.8, 4) is 0 Å². The molecular weight excluding hydrogens is 246 g/mol. The topological polar surface area (TPSA) is 29.1 Å². The highest BCUT2D eigenvalue weighted by atomic mass is 16.1. The van der Waals surface area contributed by atoms with Crippen molar-refractivity contribution < 1.29 is 4.79 Å². The first-order valence-corrected chi connectivity index (χ1v) is 7.25. The summed E-state index contributed by atoms with van der Waals surface area (Å²) in [6.07, 6.45) is 10.8. The lowest BCUT2D eigenvalue weighted by molar-refractivity contribution is -0.108. The molecule has 0 rings (SSSR count). The van der Waals surface area contributed by atoms with E-state index in [1.54, 1.807) is 12.2 Å². The molecule has 0 spiro atoms. The van der Waals surface area contributed by atoms with Crippen LogP contribution in [0.1, 0.15) is 48.0 Å². The Hall–Kier alpha value is -1.83. The average molecular weight is 277 g/mol. The summed E-state index contributed by atoms with van der Waals surface area (Å²) in [5.74, 6) is 0. The van der Waals surface area contributed by atoms with E-state index in [2.05, 4.69) is 18.5 Å². The summed E-state index contributed by atoms with van der Waals surface area (Å²) >= 11 is 0. The number of carbonyl (C=O) groups excluding carboxylic acids is 1. The third kappa shape index (κ3) is 11.3. The third-order valence-corrected chi connectivity index (χ3v) is 2.08. The molecule has 0 fully saturated rings. The van der Waals surface area contributed by atoms with Crippen molar-refractivity contribution in [2.24, 2.45) is 0 Å². The Kier molecular flexibility index (Phi) is 22.7. The molecule has 0 unspecified atom stereocenters. The van der Waals surface area contributed by atoms with E-state index in [-0.39, 0.29) is 0 Å². The normalized spacial score (nSPS) is 10.7. The van der Waals surface area contributed by atoms with Crippen molar-refractivity contribution in [2.45, 2.75) is 48.0 Å². The monoisotopic (exact) mass is 277 g/mol. The van der Waals surface area contributed by atoms with Crippen molar-refractivity contribution in [3.05, 3.63) is 60.4 Å². The molecule has 1 N–H and O–H groups in total. The van der Waals surface area contributed by atoms with Crippen molar-refractivity contribution in [1.82, 2.24) is 5.32 Å². The molecule has 0 aliphatic heterocycles. The molecule has 0 saturated heterocycles. The molecule has 0 atom stereocenters. The highest BCUT2D eigenvalue weighted by Crippen LogP contribution is 2.18. The zero-order chi connectivity index (χ0) is 16.4. The predicted octanol–water partition coefficient (Wildman–Crippen LogP) is 5.32. The van der Waals surface area contributed by atoms with Gasteiger partial charge in [-0.25, -0.2) is 0 Å². The van der Waals surface area contributed by atoms with Crippen LogP contribution in [-0.4, -0.2) is 6.41 Å². The van der Waals surface area contributed by atoms with Crippen LogP contribution in [0.5, 0.6) is 0 Å². The van der Waals surface area contributed by atoms with Gasteiger partial charge in [-0.1, -0.05) is 72.1 Å². The van der Waals surface area contributed by atoms with E-state index in [1.165, 1.54) is 0 Å². The molecule has 0 aliphatic carbocycles. The molecule has 2 nitrogen and oxygen atoms in total. The van der Waals surface area contributed by atoms with Crippen molar-refractivity contribution in [2.75, 3.05) is 0 Å². The minimum atomic E-state index is 0.642. The van der Waals surface area contributed by atoms with Crippen LogP contribution in [0.3, 0.4) is 0 Å². The summed E-state index contributed by atoms with van der Waals surface area (Å²) in [6.45, 7) is 19.6. The quantitative estimate of drug-likeness (QED) is 0.495. The molecule has 20 heavy (non-hydrogen) atoms. The second-order valence-electron chi connectivity index (χ2n) is 3.13. The lowest BCUT2D eigenvalue weighted by Gasteiger charge is -2.11. The summed E-state index contributed by atoms with van der Waals surface area (Å²) in [7, 11) is 0. The van der Waals surface area contributed by atoms with Gasteiger partial charge >= 0.3 is 0 Å². The molecule has 0 aromatic rings. The van der Waals surface area contributed by atoms with E-state index in [0.717, 1.165) is 17.6 Å². The summed E-state index contributed by atoms with van der Waals surface area (Å²) in [5.41, 5.74) is 2.58. The Balaban J connectivity index is -0.000000656. The maximum absolute atomic E-state index is 10.5. The van der Waals surface area contributed by atoms with Crippen LogP contribution >= 0.6 is 0 Å². The molecule has 0 saturated carbocycles. The maximum Gasteiger partial charge on any atom is 0.211 e. The number of hydrogen-bond donors (Lipinski definition) is 1. The first-order valence-electron chi connectivity index (χ1n) is 7.25. The van der Waals surface area contributed by atoms with Gasteiger partial charge in [-0.15, -0.1) is 0 Å². The fourth-order valence-electron chi connectivity index (χ4n) is 1.23. The van der Waals surface area contributed by atoms with Gasteiger partial charge in [0.1, 0.15) is 0 Å². The summed E-state index contributed by atoms with van der Waals surface area (Å²) < 4.78 is 0. The van der Waals surface area contributed by atoms with E-state index >= 15 is 0 Å². The molecule has 0 aromatic heterocycles. The fourth-order valence-corrected chi connectivity index (χ4v) is 1.23. The van der Waals surface area contributed by atoms with Crippen LogP contribution in [0.25, 0.3) is 0 Å². The summed E-state index contributed by atoms with van der Waals surface area (Å²) in [5, 5.41) is 2.62. The Bertz CT molecular complexity index is 346. The molecular formula is C18H31NO. The van der Waals surface area contributed by atoms with Crippen LogP contribution < -0.4 is 5.32 Å². The second-order valence-corrected chi connectivity index (χ2v) is 3.13. The van der Waals surface area contributed by atoms with Gasteiger partial charge in [0.2, 0.25) is 6.41 Å². The average Bonchev–Trinajstić information content (AvgIpc) is 2.51. The molecule has 2 heteroatoms. The predicted molar refractivity (Wildman–Crippen MR) is 92.5 cm³/mol. The fraction of sp³-hybridized carbons (Fsp3) is 0.389. The largest absolute Gasteiger partial charge is 0.328 e. The molecule has 0 radical (unpaired) electrons. The molecule has 0 aromatic carbocycles. The highest BCUT2D eigenvalue weighted by Gasteiger charge is 2.04. The third-order valence-electron chi connectivity index (χ3n) is 2.08. The van der Waals surface area contributed by atoms with Gasteiger partial charge in [-0.3, -0.25) is 4.79 Å². The van der Waals surface area contributed by atoms with Crippen LogP contribution in [0, 0.1) is 0 Å². The summed E-state index contributed by atoms with van der Waals surface area (Å²) in [4.78, 5) is 10.5. The minimum absolute atomic E-state index is 0.642. The lowest BCUT2D eigenvalue weighted by atomic mass is 10.0. The maximum atomic E-state index is 10.5. The van der Waals surface area contributed by atoms with E-state index < -0.39 is 0 Å². The van der Waals surface area contributed by atoms with Gasteiger partial charge in [-0.2, -0.15) is 0 Å².